The number of aromatic nitrogens is 1. The van der Waals surface area contributed by atoms with Crippen molar-refractivity contribution in [3.8, 4) is 10.6 Å². The molecule has 0 radical (unpaired) electrons. The minimum Gasteiger partial charge on any atom is -0.478 e. The van der Waals surface area contributed by atoms with E-state index >= 15 is 0 Å². The van der Waals surface area contributed by atoms with Crippen LogP contribution in [0.3, 0.4) is 0 Å². The number of nitrogens with one attached hydrogen (secondary N) is 1. The van der Waals surface area contributed by atoms with Crippen molar-refractivity contribution in [3.05, 3.63) is 40.4 Å². The van der Waals surface area contributed by atoms with Gasteiger partial charge in [-0.1, -0.05) is 26.0 Å². The topological polar surface area (TPSA) is 79.3 Å². The first-order valence-corrected chi connectivity index (χ1v) is 12.3. The first-order chi connectivity index (χ1) is 14.8. The number of carboxylic acid groups (broad SMARTS) is 1. The van der Waals surface area contributed by atoms with Crippen LogP contribution in [0.4, 0.5) is 0 Å². The predicted molar refractivity (Wildman–Crippen MR) is 122 cm³/mol. The Hall–Kier alpha value is -2.21. The summed E-state index contributed by atoms with van der Waals surface area (Å²) in [6, 6.07) is 6.78. The van der Waals surface area contributed by atoms with Gasteiger partial charge < -0.3 is 10.4 Å². The third-order valence-electron chi connectivity index (χ3n) is 7.54. The monoisotopic (exact) mass is 438 g/mol. The van der Waals surface area contributed by atoms with E-state index in [-0.39, 0.29) is 22.8 Å². The number of amides is 1. The molecule has 0 unspecified atom stereocenters. The van der Waals surface area contributed by atoms with Crippen molar-refractivity contribution in [2.75, 3.05) is 6.54 Å². The van der Waals surface area contributed by atoms with Gasteiger partial charge in [-0.2, -0.15) is 0 Å². The lowest BCUT2D eigenvalue weighted by molar-refractivity contribution is -0.0503. The predicted octanol–water partition coefficient (Wildman–Crippen LogP) is 5.58. The molecule has 0 saturated heterocycles. The molecule has 1 amide bonds. The minimum atomic E-state index is -0.962. The number of thiazole rings is 1. The summed E-state index contributed by atoms with van der Waals surface area (Å²) in [7, 11) is 0. The highest BCUT2D eigenvalue weighted by Gasteiger charge is 2.50. The Morgan fingerprint density at radius 1 is 1.16 bits per heavy atom. The van der Waals surface area contributed by atoms with Crippen LogP contribution in [0, 0.1) is 23.2 Å². The molecule has 1 heterocycles. The Labute approximate surface area is 187 Å². The van der Waals surface area contributed by atoms with Gasteiger partial charge in [0.15, 0.2) is 0 Å². The van der Waals surface area contributed by atoms with E-state index in [2.05, 4.69) is 24.1 Å². The SMILES string of the molecule is CC(C)c1sc(-c2cccc(C(=O)O)c2)nc1C(=O)NCC12CC3CC(CC(C3)C1)C2. The molecular weight excluding hydrogens is 408 g/mol. The van der Waals surface area contributed by atoms with Crippen molar-refractivity contribution in [1.82, 2.24) is 10.3 Å². The fourth-order valence-corrected chi connectivity index (χ4v) is 7.71. The van der Waals surface area contributed by atoms with Gasteiger partial charge in [0.2, 0.25) is 0 Å². The van der Waals surface area contributed by atoms with E-state index in [9.17, 15) is 14.7 Å². The van der Waals surface area contributed by atoms with Crippen molar-refractivity contribution in [1.29, 1.82) is 0 Å². The third-order valence-corrected chi connectivity index (χ3v) is 8.94. The highest BCUT2D eigenvalue weighted by atomic mass is 32.1. The van der Waals surface area contributed by atoms with E-state index < -0.39 is 5.97 Å². The maximum atomic E-state index is 13.2. The van der Waals surface area contributed by atoms with Crippen LogP contribution in [0.2, 0.25) is 0 Å². The highest BCUT2D eigenvalue weighted by molar-refractivity contribution is 7.15. The fourth-order valence-electron chi connectivity index (χ4n) is 6.65. The Balaban J connectivity index is 1.36. The molecule has 5 nitrogen and oxygen atoms in total. The third kappa shape index (κ3) is 3.91. The molecule has 4 fully saturated rings. The lowest BCUT2D eigenvalue weighted by atomic mass is 9.49. The average molecular weight is 439 g/mol. The summed E-state index contributed by atoms with van der Waals surface area (Å²) in [6.45, 7) is 4.90. The summed E-state index contributed by atoms with van der Waals surface area (Å²) in [5, 5.41) is 13.3. The minimum absolute atomic E-state index is 0.0867. The summed E-state index contributed by atoms with van der Waals surface area (Å²) in [6.07, 6.45) is 7.99. The number of carboxylic acids is 1. The molecule has 1 aromatic carbocycles. The van der Waals surface area contributed by atoms with Crippen LogP contribution in [0.5, 0.6) is 0 Å². The number of nitrogens with zero attached hydrogens (tertiary/aromatic N) is 1. The van der Waals surface area contributed by atoms with Crippen LogP contribution in [-0.2, 0) is 0 Å². The van der Waals surface area contributed by atoms with Crippen LogP contribution < -0.4 is 5.32 Å². The molecule has 4 saturated carbocycles. The molecule has 0 atom stereocenters. The van der Waals surface area contributed by atoms with E-state index in [1.165, 1.54) is 49.9 Å². The summed E-state index contributed by atoms with van der Waals surface area (Å²) in [5.74, 6) is 1.71. The number of benzene rings is 1. The smallest absolute Gasteiger partial charge is 0.335 e. The van der Waals surface area contributed by atoms with Gasteiger partial charge in [0.25, 0.3) is 5.91 Å². The van der Waals surface area contributed by atoms with Crippen molar-refractivity contribution < 1.29 is 14.7 Å². The number of hydrogen-bond donors (Lipinski definition) is 2. The lowest BCUT2D eigenvalue weighted by Gasteiger charge is -2.56. The van der Waals surface area contributed by atoms with Gasteiger partial charge in [0, 0.05) is 17.0 Å². The number of aromatic carboxylic acids is 1. The molecule has 1 aromatic heterocycles. The van der Waals surface area contributed by atoms with Gasteiger partial charge in [-0.25, -0.2) is 9.78 Å². The molecule has 6 rings (SSSR count). The van der Waals surface area contributed by atoms with E-state index in [1.54, 1.807) is 18.2 Å². The maximum Gasteiger partial charge on any atom is 0.335 e. The summed E-state index contributed by atoms with van der Waals surface area (Å²) >= 11 is 1.49. The number of carbonyl (C=O) groups excluding carboxylic acids is 1. The van der Waals surface area contributed by atoms with Crippen LogP contribution >= 0.6 is 11.3 Å². The molecule has 31 heavy (non-hydrogen) atoms. The second-order valence-electron chi connectivity index (χ2n) is 10.4. The lowest BCUT2D eigenvalue weighted by Crippen LogP contribution is -2.51. The van der Waals surface area contributed by atoms with Crippen LogP contribution in [0.25, 0.3) is 10.6 Å². The van der Waals surface area contributed by atoms with Crippen molar-refractivity contribution in [2.24, 2.45) is 23.2 Å². The van der Waals surface area contributed by atoms with E-state index in [0.29, 0.717) is 10.7 Å². The number of hydrogen-bond acceptors (Lipinski definition) is 4. The van der Waals surface area contributed by atoms with E-state index in [1.807, 2.05) is 6.07 Å². The van der Waals surface area contributed by atoms with E-state index in [0.717, 1.165) is 34.7 Å². The quantitative estimate of drug-likeness (QED) is 0.617. The van der Waals surface area contributed by atoms with Gasteiger partial charge in [0.05, 0.1) is 5.56 Å². The summed E-state index contributed by atoms with van der Waals surface area (Å²) in [5.41, 5.74) is 1.76. The Kier molecular flexibility index (Phi) is 5.16. The van der Waals surface area contributed by atoms with Crippen LogP contribution in [0.15, 0.2) is 24.3 Å². The highest BCUT2D eigenvalue weighted by Crippen LogP contribution is 2.59. The van der Waals surface area contributed by atoms with Crippen molar-refractivity contribution in [2.45, 2.75) is 58.3 Å². The standard InChI is InChI=1S/C25H30N2O3S/c1-14(2)21-20(27-23(31-21)18-4-3-5-19(9-18)24(29)30)22(28)26-13-25-10-15-6-16(11-25)8-17(7-15)12-25/h3-5,9,14-17H,6-8,10-13H2,1-2H3,(H,26,28)(H,29,30). The van der Waals surface area contributed by atoms with Gasteiger partial charge in [-0.05, 0) is 79.7 Å². The molecule has 4 bridgehead atoms. The zero-order valence-electron chi connectivity index (χ0n) is 18.2. The molecule has 0 aliphatic heterocycles. The fraction of sp³-hybridized carbons (Fsp3) is 0.560. The zero-order chi connectivity index (χ0) is 21.8. The molecule has 2 aromatic rings. The first-order valence-electron chi connectivity index (χ1n) is 11.4. The number of carbonyl (C=O) groups is 2. The summed E-state index contributed by atoms with van der Waals surface area (Å²) in [4.78, 5) is 30.2. The average Bonchev–Trinajstić information content (AvgIpc) is 3.17. The van der Waals surface area contributed by atoms with Gasteiger partial charge in [0.1, 0.15) is 10.7 Å². The van der Waals surface area contributed by atoms with Crippen LogP contribution in [-0.4, -0.2) is 28.5 Å². The molecule has 2 N–H and O–H groups in total. The Morgan fingerprint density at radius 3 is 2.39 bits per heavy atom. The first kappa shape index (κ1) is 20.7. The Morgan fingerprint density at radius 2 is 1.81 bits per heavy atom. The largest absolute Gasteiger partial charge is 0.478 e. The normalized spacial score (nSPS) is 28.8. The summed E-state index contributed by atoms with van der Waals surface area (Å²) < 4.78 is 0. The van der Waals surface area contributed by atoms with E-state index in [4.69, 9.17) is 0 Å². The second kappa shape index (κ2) is 7.73. The van der Waals surface area contributed by atoms with Crippen molar-refractivity contribution >= 4 is 23.2 Å². The van der Waals surface area contributed by atoms with Gasteiger partial charge >= 0.3 is 5.97 Å². The second-order valence-corrected chi connectivity index (χ2v) is 11.4. The molecule has 4 aliphatic rings. The maximum absolute atomic E-state index is 13.2. The Bertz CT molecular complexity index is 990. The zero-order valence-corrected chi connectivity index (χ0v) is 19.0. The van der Waals surface area contributed by atoms with Gasteiger partial charge in [-0.3, -0.25) is 4.79 Å². The van der Waals surface area contributed by atoms with Gasteiger partial charge in [-0.15, -0.1) is 11.3 Å². The molecule has 164 valence electrons. The molecule has 6 heteroatoms. The number of rotatable bonds is 6. The van der Waals surface area contributed by atoms with Crippen LogP contribution in [0.1, 0.15) is 84.0 Å². The molecule has 0 spiro atoms. The van der Waals surface area contributed by atoms with Crippen molar-refractivity contribution in [3.63, 3.8) is 0 Å². The molecular formula is C25H30N2O3S. The molecule has 4 aliphatic carbocycles.